The second kappa shape index (κ2) is 5.34. The second-order valence-electron chi connectivity index (χ2n) is 3.70. The minimum Gasteiger partial charge on any atom is -0.467 e. The molecule has 0 aromatic carbocycles. The Morgan fingerprint density at radius 3 is 2.56 bits per heavy atom. The third-order valence-electron chi connectivity index (χ3n) is 2.15. The van der Waals surface area contributed by atoms with Crippen molar-refractivity contribution in [1.82, 2.24) is 5.32 Å². The summed E-state index contributed by atoms with van der Waals surface area (Å²) in [6.45, 7) is 3.65. The van der Waals surface area contributed by atoms with Crippen molar-refractivity contribution in [3.05, 3.63) is 24.2 Å². The fourth-order valence-corrected chi connectivity index (χ4v) is 1.24. The van der Waals surface area contributed by atoms with E-state index in [1.807, 2.05) is 13.8 Å². The molecule has 0 spiro atoms. The van der Waals surface area contributed by atoms with Crippen LogP contribution >= 0.6 is 0 Å². The summed E-state index contributed by atoms with van der Waals surface area (Å²) in [7, 11) is 1.29. The van der Waals surface area contributed by atoms with Gasteiger partial charge in [-0.25, -0.2) is 4.79 Å². The third-order valence-corrected chi connectivity index (χ3v) is 2.15. The Hall–Kier alpha value is -1.78. The molecular weight excluding hydrogens is 210 g/mol. The zero-order valence-electron chi connectivity index (χ0n) is 9.52. The topological polar surface area (TPSA) is 68.5 Å². The number of methoxy groups -OCH3 is 1. The maximum Gasteiger partial charge on any atom is 0.328 e. The number of amides is 1. The van der Waals surface area contributed by atoms with Gasteiger partial charge in [-0.15, -0.1) is 0 Å². The van der Waals surface area contributed by atoms with Crippen LogP contribution in [0, 0.1) is 5.92 Å². The van der Waals surface area contributed by atoms with Crippen molar-refractivity contribution in [2.45, 2.75) is 19.9 Å². The maximum atomic E-state index is 11.6. The van der Waals surface area contributed by atoms with Crippen molar-refractivity contribution in [3.63, 3.8) is 0 Å². The highest BCUT2D eigenvalue weighted by atomic mass is 16.5. The summed E-state index contributed by atoms with van der Waals surface area (Å²) < 4.78 is 9.53. The molecule has 88 valence electrons. The number of ether oxygens (including phenoxy) is 1. The molecule has 1 rings (SSSR count). The molecule has 0 radical (unpaired) electrons. The minimum atomic E-state index is -0.664. The standard InChI is InChI=1S/C11H15NO4/c1-7(2)9(11(14)15-3)12-10(13)8-5-4-6-16-8/h4-7,9H,1-3H3,(H,12,13)/t9-/m0/s1. The van der Waals surface area contributed by atoms with Gasteiger partial charge in [0.1, 0.15) is 6.04 Å². The minimum absolute atomic E-state index is 0.0497. The molecule has 0 saturated carbocycles. The lowest BCUT2D eigenvalue weighted by Crippen LogP contribution is -2.44. The Morgan fingerprint density at radius 2 is 2.12 bits per heavy atom. The van der Waals surface area contributed by atoms with Crippen LogP contribution < -0.4 is 5.32 Å². The van der Waals surface area contributed by atoms with Crippen LogP contribution in [0.2, 0.25) is 0 Å². The lowest BCUT2D eigenvalue weighted by atomic mass is 10.0. The van der Waals surface area contributed by atoms with Gasteiger partial charge in [0, 0.05) is 0 Å². The molecule has 5 nitrogen and oxygen atoms in total. The van der Waals surface area contributed by atoms with Gasteiger partial charge in [0.25, 0.3) is 5.91 Å². The molecular formula is C11H15NO4. The fraction of sp³-hybridized carbons (Fsp3) is 0.455. The van der Waals surface area contributed by atoms with E-state index < -0.39 is 17.9 Å². The Bertz CT molecular complexity index is 356. The van der Waals surface area contributed by atoms with Crippen LogP contribution in [0.25, 0.3) is 0 Å². The predicted molar refractivity (Wildman–Crippen MR) is 56.8 cm³/mol. The van der Waals surface area contributed by atoms with Gasteiger partial charge >= 0.3 is 5.97 Å². The first-order chi connectivity index (χ1) is 7.56. The number of hydrogen-bond acceptors (Lipinski definition) is 4. The van der Waals surface area contributed by atoms with Gasteiger partial charge in [-0.3, -0.25) is 4.79 Å². The van der Waals surface area contributed by atoms with Gasteiger partial charge in [0.2, 0.25) is 0 Å². The smallest absolute Gasteiger partial charge is 0.328 e. The van der Waals surface area contributed by atoms with E-state index in [1.54, 1.807) is 6.07 Å². The molecule has 1 heterocycles. The lowest BCUT2D eigenvalue weighted by Gasteiger charge is -2.18. The van der Waals surface area contributed by atoms with E-state index >= 15 is 0 Å². The van der Waals surface area contributed by atoms with Crippen molar-refractivity contribution in [2.24, 2.45) is 5.92 Å². The van der Waals surface area contributed by atoms with Gasteiger partial charge in [-0.1, -0.05) is 13.8 Å². The summed E-state index contributed by atoms with van der Waals surface area (Å²) in [5, 5.41) is 2.56. The summed E-state index contributed by atoms with van der Waals surface area (Å²) in [5.74, 6) is -0.759. The molecule has 0 aliphatic rings. The Balaban J connectivity index is 2.69. The Kier molecular flexibility index (Phi) is 4.10. The normalized spacial score (nSPS) is 12.2. The Labute approximate surface area is 93.8 Å². The molecule has 1 aromatic heterocycles. The molecule has 1 N–H and O–H groups in total. The van der Waals surface area contributed by atoms with E-state index in [9.17, 15) is 9.59 Å². The highest BCUT2D eigenvalue weighted by Crippen LogP contribution is 2.06. The van der Waals surface area contributed by atoms with Crippen LogP contribution in [-0.4, -0.2) is 25.0 Å². The molecule has 1 amide bonds. The van der Waals surface area contributed by atoms with Gasteiger partial charge < -0.3 is 14.5 Å². The van der Waals surface area contributed by atoms with Gasteiger partial charge in [0.05, 0.1) is 13.4 Å². The number of carbonyl (C=O) groups excluding carboxylic acids is 2. The quantitative estimate of drug-likeness (QED) is 0.782. The first-order valence-corrected chi connectivity index (χ1v) is 4.98. The van der Waals surface area contributed by atoms with E-state index in [4.69, 9.17) is 4.42 Å². The van der Waals surface area contributed by atoms with Crippen LogP contribution in [-0.2, 0) is 9.53 Å². The van der Waals surface area contributed by atoms with Crippen molar-refractivity contribution >= 4 is 11.9 Å². The monoisotopic (exact) mass is 225 g/mol. The maximum absolute atomic E-state index is 11.6. The first kappa shape index (κ1) is 12.3. The van der Waals surface area contributed by atoms with Crippen LogP contribution in [0.5, 0.6) is 0 Å². The lowest BCUT2D eigenvalue weighted by molar-refractivity contribution is -0.144. The van der Waals surface area contributed by atoms with E-state index in [2.05, 4.69) is 10.1 Å². The molecule has 1 atom stereocenters. The number of furan rings is 1. The average Bonchev–Trinajstić information content (AvgIpc) is 2.77. The summed E-state index contributed by atoms with van der Waals surface area (Å²) in [6, 6.07) is 2.48. The fourth-order valence-electron chi connectivity index (χ4n) is 1.24. The molecule has 0 bridgehead atoms. The number of rotatable bonds is 4. The average molecular weight is 225 g/mol. The second-order valence-corrected chi connectivity index (χ2v) is 3.70. The number of hydrogen-bond donors (Lipinski definition) is 1. The van der Waals surface area contributed by atoms with E-state index in [0.29, 0.717) is 0 Å². The molecule has 0 fully saturated rings. The first-order valence-electron chi connectivity index (χ1n) is 4.98. The largest absolute Gasteiger partial charge is 0.467 e. The van der Waals surface area contributed by atoms with E-state index in [0.717, 1.165) is 0 Å². The number of carbonyl (C=O) groups is 2. The van der Waals surface area contributed by atoms with Crippen LogP contribution in [0.4, 0.5) is 0 Å². The zero-order chi connectivity index (χ0) is 12.1. The number of nitrogens with one attached hydrogen (secondary N) is 1. The SMILES string of the molecule is COC(=O)[C@@H](NC(=O)c1ccco1)C(C)C. The molecule has 0 aliphatic heterocycles. The van der Waals surface area contributed by atoms with E-state index in [-0.39, 0.29) is 11.7 Å². The highest BCUT2D eigenvalue weighted by molar-refractivity contribution is 5.94. The molecule has 1 aromatic rings. The summed E-state index contributed by atoms with van der Waals surface area (Å²) >= 11 is 0. The highest BCUT2D eigenvalue weighted by Gasteiger charge is 2.25. The van der Waals surface area contributed by atoms with E-state index in [1.165, 1.54) is 19.4 Å². The molecule has 0 saturated heterocycles. The third kappa shape index (κ3) is 2.85. The van der Waals surface area contributed by atoms with Gasteiger partial charge in [0.15, 0.2) is 5.76 Å². The summed E-state index contributed by atoms with van der Waals surface area (Å²) in [5.41, 5.74) is 0. The molecule has 0 aliphatic carbocycles. The van der Waals surface area contributed by atoms with Crippen molar-refractivity contribution in [2.75, 3.05) is 7.11 Å². The molecule has 0 unspecified atom stereocenters. The molecule has 16 heavy (non-hydrogen) atoms. The van der Waals surface area contributed by atoms with Crippen molar-refractivity contribution < 1.29 is 18.7 Å². The van der Waals surface area contributed by atoms with Crippen LogP contribution in [0.3, 0.4) is 0 Å². The summed E-state index contributed by atoms with van der Waals surface area (Å²) in [4.78, 5) is 23.0. The zero-order valence-corrected chi connectivity index (χ0v) is 9.52. The van der Waals surface area contributed by atoms with Crippen molar-refractivity contribution in [1.29, 1.82) is 0 Å². The van der Waals surface area contributed by atoms with Crippen molar-refractivity contribution in [3.8, 4) is 0 Å². The molecule has 5 heteroatoms. The Morgan fingerprint density at radius 1 is 1.44 bits per heavy atom. The van der Waals surface area contributed by atoms with Crippen LogP contribution in [0.1, 0.15) is 24.4 Å². The summed E-state index contributed by atoms with van der Waals surface area (Å²) in [6.07, 6.45) is 1.40. The predicted octanol–water partition coefficient (Wildman–Crippen LogP) is 1.21. The van der Waals surface area contributed by atoms with Gasteiger partial charge in [-0.05, 0) is 18.1 Å². The van der Waals surface area contributed by atoms with Gasteiger partial charge in [-0.2, -0.15) is 0 Å². The van der Waals surface area contributed by atoms with Crippen LogP contribution in [0.15, 0.2) is 22.8 Å². The number of esters is 1.